The van der Waals surface area contributed by atoms with Crippen LogP contribution in [0.25, 0.3) is 0 Å². The number of aromatic nitrogens is 1. The molecule has 0 fully saturated rings. The topological polar surface area (TPSA) is 62.2 Å². The summed E-state index contributed by atoms with van der Waals surface area (Å²) < 4.78 is 0. The Hall–Kier alpha value is -1.62. The Labute approximate surface area is 120 Å². The number of nitrogens with one attached hydrogen (secondary N) is 1. The number of aliphatic hydroxyl groups is 1. The molecule has 0 aliphatic carbocycles. The van der Waals surface area contributed by atoms with E-state index in [1.54, 1.807) is 24.3 Å². The van der Waals surface area contributed by atoms with Crippen LogP contribution in [0.1, 0.15) is 15.9 Å². The summed E-state index contributed by atoms with van der Waals surface area (Å²) in [6.45, 7) is -0.0853. The van der Waals surface area contributed by atoms with Crippen molar-refractivity contribution >= 4 is 34.8 Å². The van der Waals surface area contributed by atoms with Crippen molar-refractivity contribution in [1.29, 1.82) is 0 Å². The lowest BCUT2D eigenvalue weighted by Gasteiger charge is -2.07. The Bertz CT molecular complexity index is 617. The number of hydrogen-bond donors (Lipinski definition) is 2. The van der Waals surface area contributed by atoms with Gasteiger partial charge in [0.1, 0.15) is 5.15 Å². The zero-order chi connectivity index (χ0) is 13.8. The highest BCUT2D eigenvalue weighted by Crippen LogP contribution is 2.20. The summed E-state index contributed by atoms with van der Waals surface area (Å²) in [7, 11) is 0. The second kappa shape index (κ2) is 6.02. The highest BCUT2D eigenvalue weighted by atomic mass is 35.5. The van der Waals surface area contributed by atoms with E-state index in [2.05, 4.69) is 10.3 Å². The SMILES string of the molecule is O=C(Nc1cccc(CO)c1)c1cnc(Cl)c(Cl)c1. The van der Waals surface area contributed by atoms with Crippen molar-refractivity contribution in [1.82, 2.24) is 4.98 Å². The van der Waals surface area contributed by atoms with Gasteiger partial charge >= 0.3 is 0 Å². The molecule has 1 aromatic carbocycles. The van der Waals surface area contributed by atoms with Gasteiger partial charge in [0.05, 0.1) is 17.2 Å². The number of benzene rings is 1. The Kier molecular flexibility index (Phi) is 4.37. The van der Waals surface area contributed by atoms with Crippen molar-refractivity contribution < 1.29 is 9.90 Å². The van der Waals surface area contributed by atoms with E-state index < -0.39 is 0 Å². The average Bonchev–Trinajstić information content (AvgIpc) is 2.42. The van der Waals surface area contributed by atoms with E-state index in [1.165, 1.54) is 12.3 Å². The molecule has 4 nitrogen and oxygen atoms in total. The van der Waals surface area contributed by atoms with E-state index in [0.29, 0.717) is 16.8 Å². The quantitative estimate of drug-likeness (QED) is 0.856. The molecule has 2 aromatic rings. The van der Waals surface area contributed by atoms with Crippen LogP contribution in [0.4, 0.5) is 5.69 Å². The van der Waals surface area contributed by atoms with Crippen LogP contribution in [0.3, 0.4) is 0 Å². The predicted molar refractivity (Wildman–Crippen MR) is 74.6 cm³/mol. The van der Waals surface area contributed by atoms with Gasteiger partial charge in [0.15, 0.2) is 0 Å². The molecule has 1 aromatic heterocycles. The second-order valence-corrected chi connectivity index (χ2v) is 4.57. The summed E-state index contributed by atoms with van der Waals surface area (Å²) in [5.41, 5.74) is 1.61. The van der Waals surface area contributed by atoms with Crippen LogP contribution in [-0.2, 0) is 6.61 Å². The fourth-order valence-corrected chi connectivity index (χ4v) is 1.77. The van der Waals surface area contributed by atoms with Gasteiger partial charge in [-0.25, -0.2) is 4.98 Å². The number of hydrogen-bond acceptors (Lipinski definition) is 3. The van der Waals surface area contributed by atoms with Crippen LogP contribution in [0.5, 0.6) is 0 Å². The molecular weight excluding hydrogens is 287 g/mol. The maximum atomic E-state index is 12.0. The maximum absolute atomic E-state index is 12.0. The monoisotopic (exact) mass is 296 g/mol. The minimum atomic E-state index is -0.346. The minimum Gasteiger partial charge on any atom is -0.392 e. The summed E-state index contributed by atoms with van der Waals surface area (Å²) in [5, 5.41) is 12.1. The third kappa shape index (κ3) is 3.44. The highest BCUT2D eigenvalue weighted by molar-refractivity contribution is 6.41. The first kappa shape index (κ1) is 13.8. The molecule has 6 heteroatoms. The standard InChI is InChI=1S/C13H10Cl2N2O2/c14-11-5-9(6-16-12(11)15)13(19)17-10-3-1-2-8(4-10)7-18/h1-6,18H,7H2,(H,17,19). The molecule has 0 aliphatic rings. The van der Waals surface area contributed by atoms with Gasteiger partial charge in [0.25, 0.3) is 5.91 Å². The number of anilines is 1. The number of halogens is 2. The molecule has 19 heavy (non-hydrogen) atoms. The number of carbonyl (C=O) groups excluding carboxylic acids is 1. The van der Waals surface area contributed by atoms with Crippen molar-refractivity contribution in [3.05, 3.63) is 57.8 Å². The van der Waals surface area contributed by atoms with Crippen LogP contribution in [-0.4, -0.2) is 16.0 Å². The lowest BCUT2D eigenvalue weighted by molar-refractivity contribution is 0.102. The number of nitrogens with zero attached hydrogens (tertiary/aromatic N) is 1. The van der Waals surface area contributed by atoms with E-state index in [-0.39, 0.29) is 22.7 Å². The highest BCUT2D eigenvalue weighted by Gasteiger charge is 2.09. The molecule has 0 spiro atoms. The van der Waals surface area contributed by atoms with Crippen LogP contribution in [0.15, 0.2) is 36.5 Å². The Morgan fingerprint density at radius 3 is 2.79 bits per heavy atom. The summed E-state index contributed by atoms with van der Waals surface area (Å²) in [4.78, 5) is 15.8. The molecule has 0 bridgehead atoms. The van der Waals surface area contributed by atoms with Gasteiger partial charge in [0, 0.05) is 11.9 Å². The Balaban J connectivity index is 2.18. The van der Waals surface area contributed by atoms with Gasteiger partial charge < -0.3 is 10.4 Å². The van der Waals surface area contributed by atoms with Crippen molar-refractivity contribution in [3.8, 4) is 0 Å². The first-order valence-corrected chi connectivity index (χ1v) is 6.18. The molecule has 0 unspecified atom stereocenters. The van der Waals surface area contributed by atoms with Gasteiger partial charge in [-0.1, -0.05) is 35.3 Å². The molecule has 2 rings (SSSR count). The molecule has 0 saturated carbocycles. The Morgan fingerprint density at radius 1 is 1.32 bits per heavy atom. The van der Waals surface area contributed by atoms with Crippen LogP contribution < -0.4 is 5.32 Å². The van der Waals surface area contributed by atoms with Gasteiger partial charge in [-0.05, 0) is 23.8 Å². The van der Waals surface area contributed by atoms with E-state index in [1.807, 2.05) is 0 Å². The predicted octanol–water partition coefficient (Wildman–Crippen LogP) is 3.13. The average molecular weight is 297 g/mol. The van der Waals surface area contributed by atoms with Crippen molar-refractivity contribution in [2.45, 2.75) is 6.61 Å². The molecule has 98 valence electrons. The van der Waals surface area contributed by atoms with Gasteiger partial charge in [-0.15, -0.1) is 0 Å². The van der Waals surface area contributed by atoms with Gasteiger partial charge in [0.2, 0.25) is 0 Å². The number of rotatable bonds is 3. The van der Waals surface area contributed by atoms with Crippen LogP contribution in [0, 0.1) is 0 Å². The number of aliphatic hydroxyl groups excluding tert-OH is 1. The first-order chi connectivity index (χ1) is 9.10. The second-order valence-electron chi connectivity index (χ2n) is 3.81. The summed E-state index contributed by atoms with van der Waals surface area (Å²) in [6.07, 6.45) is 1.35. The van der Waals surface area contributed by atoms with E-state index in [0.717, 1.165) is 0 Å². The molecule has 0 saturated heterocycles. The molecule has 2 N–H and O–H groups in total. The smallest absolute Gasteiger partial charge is 0.257 e. The molecule has 0 atom stereocenters. The van der Waals surface area contributed by atoms with Crippen molar-refractivity contribution in [2.75, 3.05) is 5.32 Å². The fraction of sp³-hybridized carbons (Fsp3) is 0.0769. The summed E-state index contributed by atoms with van der Waals surface area (Å²) in [5.74, 6) is -0.346. The molecular formula is C13H10Cl2N2O2. The summed E-state index contributed by atoms with van der Waals surface area (Å²) in [6, 6.07) is 8.36. The molecule has 0 aliphatic heterocycles. The lowest BCUT2D eigenvalue weighted by atomic mass is 10.2. The largest absolute Gasteiger partial charge is 0.392 e. The number of carbonyl (C=O) groups is 1. The van der Waals surface area contributed by atoms with Crippen molar-refractivity contribution in [2.24, 2.45) is 0 Å². The maximum Gasteiger partial charge on any atom is 0.257 e. The third-order valence-electron chi connectivity index (χ3n) is 2.43. The molecule has 1 heterocycles. The number of amides is 1. The van der Waals surface area contributed by atoms with E-state index >= 15 is 0 Å². The van der Waals surface area contributed by atoms with Crippen LogP contribution in [0.2, 0.25) is 10.2 Å². The van der Waals surface area contributed by atoms with Crippen molar-refractivity contribution in [3.63, 3.8) is 0 Å². The minimum absolute atomic E-state index is 0.0853. The zero-order valence-electron chi connectivity index (χ0n) is 9.73. The third-order valence-corrected chi connectivity index (χ3v) is 3.11. The zero-order valence-corrected chi connectivity index (χ0v) is 11.2. The Morgan fingerprint density at radius 2 is 2.11 bits per heavy atom. The van der Waals surface area contributed by atoms with Gasteiger partial charge in [-0.2, -0.15) is 0 Å². The van der Waals surface area contributed by atoms with Crippen LogP contribution >= 0.6 is 23.2 Å². The summed E-state index contributed by atoms with van der Waals surface area (Å²) >= 11 is 11.5. The normalized spacial score (nSPS) is 10.3. The molecule has 0 radical (unpaired) electrons. The first-order valence-electron chi connectivity index (χ1n) is 5.42. The van der Waals surface area contributed by atoms with Gasteiger partial charge in [-0.3, -0.25) is 4.79 Å². The molecule has 1 amide bonds. The van der Waals surface area contributed by atoms with E-state index in [4.69, 9.17) is 28.3 Å². The van der Waals surface area contributed by atoms with E-state index in [9.17, 15) is 4.79 Å². The fourth-order valence-electron chi connectivity index (χ4n) is 1.50. The lowest BCUT2D eigenvalue weighted by Crippen LogP contribution is -2.12. The number of pyridine rings is 1.